The van der Waals surface area contributed by atoms with Gasteiger partial charge >= 0.3 is 0 Å². The lowest BCUT2D eigenvalue weighted by molar-refractivity contribution is 0.178. The number of hydrogen-bond donors (Lipinski definition) is 1. The molecule has 0 radical (unpaired) electrons. The Morgan fingerprint density at radius 2 is 2.25 bits per heavy atom. The number of anilines is 1. The van der Waals surface area contributed by atoms with Crippen LogP contribution in [0.2, 0.25) is 5.15 Å². The van der Waals surface area contributed by atoms with Crippen LogP contribution < -0.4 is 5.32 Å². The number of methoxy groups -OCH3 is 1. The highest BCUT2D eigenvalue weighted by atomic mass is 35.5. The molecule has 0 spiro atoms. The van der Waals surface area contributed by atoms with Crippen molar-refractivity contribution in [2.75, 3.05) is 12.4 Å². The number of ether oxygens (including phenoxy) is 1. The molecule has 0 aliphatic rings. The quantitative estimate of drug-likeness (QED) is 0.646. The van der Waals surface area contributed by atoms with Crippen LogP contribution in [0.4, 0.5) is 5.82 Å². The first kappa shape index (κ1) is 12.8. The van der Waals surface area contributed by atoms with E-state index in [1.165, 1.54) is 0 Å². The molecule has 0 saturated heterocycles. The topological polar surface area (TPSA) is 47.0 Å². The average Bonchev–Trinajstić information content (AvgIpc) is 2.16. The van der Waals surface area contributed by atoms with Gasteiger partial charge in [0.05, 0.1) is 5.54 Å². The van der Waals surface area contributed by atoms with Crippen molar-refractivity contribution in [3.63, 3.8) is 0 Å². The zero-order valence-corrected chi connectivity index (χ0v) is 10.3. The van der Waals surface area contributed by atoms with Gasteiger partial charge in [0.25, 0.3) is 0 Å². The van der Waals surface area contributed by atoms with Gasteiger partial charge in [0, 0.05) is 13.2 Å². The Morgan fingerprint density at radius 3 is 2.81 bits per heavy atom. The lowest BCUT2D eigenvalue weighted by atomic mass is 10.1. The molecule has 1 rings (SSSR count). The fourth-order valence-electron chi connectivity index (χ4n) is 1.08. The number of nitrogens with zero attached hydrogens (tertiary/aromatic N) is 2. The summed E-state index contributed by atoms with van der Waals surface area (Å²) in [4.78, 5) is 8.25. The third kappa shape index (κ3) is 3.69. The van der Waals surface area contributed by atoms with Gasteiger partial charge in [0.2, 0.25) is 0 Å². The molecule has 0 aliphatic heterocycles. The molecule has 0 saturated carbocycles. The van der Waals surface area contributed by atoms with Crippen molar-refractivity contribution in [2.45, 2.75) is 26.0 Å². The molecule has 0 unspecified atom stereocenters. The zero-order chi connectivity index (χ0) is 12.2. The molecule has 1 heterocycles. The molecule has 0 fully saturated rings. The number of nitrogens with one attached hydrogen (secondary N) is 1. The van der Waals surface area contributed by atoms with Crippen molar-refractivity contribution in [3.05, 3.63) is 17.0 Å². The normalized spacial score (nSPS) is 10.9. The number of rotatable bonds is 4. The maximum absolute atomic E-state index is 5.86. The van der Waals surface area contributed by atoms with Gasteiger partial charge < -0.3 is 10.1 Å². The highest BCUT2D eigenvalue weighted by molar-refractivity contribution is 6.29. The van der Waals surface area contributed by atoms with Crippen molar-refractivity contribution in [1.82, 2.24) is 9.97 Å². The van der Waals surface area contributed by atoms with E-state index >= 15 is 0 Å². The lowest BCUT2D eigenvalue weighted by Crippen LogP contribution is -2.29. The minimum atomic E-state index is -0.484. The Bertz CT molecular complexity index is 412. The third-order valence-corrected chi connectivity index (χ3v) is 2.01. The van der Waals surface area contributed by atoms with Crippen LogP contribution in [0.1, 0.15) is 19.7 Å². The Labute approximate surface area is 100 Å². The number of terminal acetylenes is 1. The monoisotopic (exact) mass is 239 g/mol. The van der Waals surface area contributed by atoms with Crippen molar-refractivity contribution in [2.24, 2.45) is 0 Å². The van der Waals surface area contributed by atoms with Crippen molar-refractivity contribution >= 4 is 17.4 Å². The maximum atomic E-state index is 5.86. The molecule has 5 heteroatoms. The smallest absolute Gasteiger partial charge is 0.158 e. The second kappa shape index (κ2) is 5.15. The molecule has 0 atom stereocenters. The molecule has 4 nitrogen and oxygen atoms in total. The van der Waals surface area contributed by atoms with Gasteiger partial charge in [-0.15, -0.1) is 6.42 Å². The van der Waals surface area contributed by atoms with E-state index in [1.54, 1.807) is 13.2 Å². The molecule has 0 aliphatic carbocycles. The third-order valence-electron chi connectivity index (χ3n) is 1.82. The van der Waals surface area contributed by atoms with Crippen LogP contribution in [-0.2, 0) is 11.3 Å². The summed E-state index contributed by atoms with van der Waals surface area (Å²) < 4.78 is 4.94. The van der Waals surface area contributed by atoms with Gasteiger partial charge in [0.1, 0.15) is 17.6 Å². The largest absolute Gasteiger partial charge is 0.377 e. The first-order chi connectivity index (χ1) is 7.46. The maximum Gasteiger partial charge on any atom is 0.158 e. The molecule has 0 amide bonds. The first-order valence-electron chi connectivity index (χ1n) is 4.75. The van der Waals surface area contributed by atoms with E-state index in [9.17, 15) is 0 Å². The molecular formula is C11H14ClN3O. The van der Waals surface area contributed by atoms with Gasteiger partial charge in [-0.2, -0.15) is 0 Å². The summed E-state index contributed by atoms with van der Waals surface area (Å²) in [7, 11) is 1.57. The summed E-state index contributed by atoms with van der Waals surface area (Å²) in [5.74, 6) is 3.73. The second-order valence-corrected chi connectivity index (χ2v) is 4.21. The van der Waals surface area contributed by atoms with E-state index in [4.69, 9.17) is 22.8 Å². The second-order valence-electron chi connectivity index (χ2n) is 3.82. The summed E-state index contributed by atoms with van der Waals surface area (Å²) in [6, 6.07) is 1.62. The van der Waals surface area contributed by atoms with Crippen LogP contribution in [0.25, 0.3) is 0 Å². The molecule has 1 N–H and O–H groups in total. The average molecular weight is 240 g/mol. The van der Waals surface area contributed by atoms with Gasteiger partial charge in [-0.05, 0) is 13.8 Å². The van der Waals surface area contributed by atoms with E-state index < -0.39 is 5.54 Å². The van der Waals surface area contributed by atoms with Crippen LogP contribution in [-0.4, -0.2) is 22.6 Å². The minimum Gasteiger partial charge on any atom is -0.377 e. The Hall–Kier alpha value is -1.31. The number of halogens is 1. The van der Waals surface area contributed by atoms with Gasteiger partial charge in [0.15, 0.2) is 5.82 Å². The van der Waals surface area contributed by atoms with Crippen LogP contribution in [0.5, 0.6) is 0 Å². The fourth-order valence-corrected chi connectivity index (χ4v) is 1.28. The summed E-state index contributed by atoms with van der Waals surface area (Å²) in [6.07, 6.45) is 5.38. The summed E-state index contributed by atoms with van der Waals surface area (Å²) in [5, 5.41) is 3.44. The van der Waals surface area contributed by atoms with Crippen LogP contribution in [0.15, 0.2) is 6.07 Å². The van der Waals surface area contributed by atoms with E-state index in [2.05, 4.69) is 21.2 Å². The predicted octanol–water partition coefficient (Wildman–Crippen LogP) is 2.10. The Balaban J connectivity index is 2.93. The van der Waals surface area contributed by atoms with Gasteiger partial charge in [-0.3, -0.25) is 0 Å². The predicted molar refractivity (Wildman–Crippen MR) is 64.3 cm³/mol. The zero-order valence-electron chi connectivity index (χ0n) is 9.54. The van der Waals surface area contributed by atoms with Crippen LogP contribution in [0, 0.1) is 12.3 Å². The molecular weight excluding hydrogens is 226 g/mol. The first-order valence-corrected chi connectivity index (χ1v) is 5.13. The Morgan fingerprint density at radius 1 is 1.56 bits per heavy atom. The van der Waals surface area contributed by atoms with Gasteiger partial charge in [-0.1, -0.05) is 17.5 Å². The van der Waals surface area contributed by atoms with E-state index in [-0.39, 0.29) is 0 Å². The SMILES string of the molecule is C#CC(C)(C)Nc1cc(Cl)nc(COC)n1. The molecule has 0 bridgehead atoms. The molecule has 0 aromatic carbocycles. The van der Waals surface area contributed by atoms with Gasteiger partial charge in [-0.25, -0.2) is 9.97 Å². The number of aromatic nitrogens is 2. The van der Waals surface area contributed by atoms with E-state index in [0.29, 0.717) is 23.4 Å². The highest BCUT2D eigenvalue weighted by Gasteiger charge is 2.14. The fraction of sp³-hybridized carbons (Fsp3) is 0.455. The molecule has 1 aromatic heterocycles. The number of hydrogen-bond acceptors (Lipinski definition) is 4. The van der Waals surface area contributed by atoms with Crippen molar-refractivity contribution in [3.8, 4) is 12.3 Å². The Kier molecular flexibility index (Phi) is 4.11. The van der Waals surface area contributed by atoms with Crippen molar-refractivity contribution < 1.29 is 4.74 Å². The minimum absolute atomic E-state index is 0.311. The van der Waals surface area contributed by atoms with Crippen LogP contribution in [0.3, 0.4) is 0 Å². The molecule has 1 aromatic rings. The summed E-state index contributed by atoms with van der Waals surface area (Å²) in [5.41, 5.74) is -0.484. The standard InChI is InChI=1S/C11H14ClN3O/c1-5-11(2,3)15-9-6-8(12)13-10(14-9)7-16-4/h1,6H,7H2,2-4H3,(H,13,14,15). The van der Waals surface area contributed by atoms with E-state index in [0.717, 1.165) is 0 Å². The van der Waals surface area contributed by atoms with E-state index in [1.807, 2.05) is 13.8 Å². The molecule has 16 heavy (non-hydrogen) atoms. The summed E-state index contributed by atoms with van der Waals surface area (Å²) >= 11 is 5.86. The van der Waals surface area contributed by atoms with Crippen molar-refractivity contribution in [1.29, 1.82) is 0 Å². The molecule has 86 valence electrons. The summed E-state index contributed by atoms with van der Waals surface area (Å²) in [6.45, 7) is 4.06. The highest BCUT2D eigenvalue weighted by Crippen LogP contribution is 2.16. The lowest BCUT2D eigenvalue weighted by Gasteiger charge is -2.20. The van der Waals surface area contributed by atoms with Crippen LogP contribution >= 0.6 is 11.6 Å².